The zero-order valence-corrected chi connectivity index (χ0v) is 16.7. The Morgan fingerprint density at radius 2 is 2.04 bits per heavy atom. The Morgan fingerprint density at radius 3 is 2.93 bits per heavy atom. The van der Waals surface area contributed by atoms with Crippen molar-refractivity contribution in [3.05, 3.63) is 24.7 Å². The van der Waals surface area contributed by atoms with Crippen LogP contribution in [0, 0.1) is 5.92 Å². The highest BCUT2D eigenvalue weighted by atomic mass is 16.1. The number of nitrogens with one attached hydrogen (secondary N) is 1. The van der Waals surface area contributed by atoms with Crippen molar-refractivity contribution in [3.8, 4) is 0 Å². The highest BCUT2D eigenvalue weighted by Gasteiger charge is 2.26. The van der Waals surface area contributed by atoms with Crippen LogP contribution in [-0.2, 0) is 4.79 Å². The number of piperidine rings is 2. The first-order chi connectivity index (χ1) is 13.7. The second-order valence-electron chi connectivity index (χ2n) is 8.05. The summed E-state index contributed by atoms with van der Waals surface area (Å²) >= 11 is 0. The van der Waals surface area contributed by atoms with Crippen LogP contribution in [0.15, 0.2) is 24.7 Å². The summed E-state index contributed by atoms with van der Waals surface area (Å²) < 4.78 is 0. The van der Waals surface area contributed by atoms with E-state index in [-0.39, 0.29) is 11.8 Å². The monoisotopic (exact) mass is 382 g/mol. The van der Waals surface area contributed by atoms with Gasteiger partial charge >= 0.3 is 0 Å². The summed E-state index contributed by atoms with van der Waals surface area (Å²) in [5.74, 6) is 0.216. The first-order valence-electron chi connectivity index (χ1n) is 10.5. The van der Waals surface area contributed by atoms with Gasteiger partial charge in [0.15, 0.2) is 5.65 Å². The molecule has 0 radical (unpaired) electrons. The molecule has 7 nitrogen and oxygen atoms in total. The van der Waals surface area contributed by atoms with Gasteiger partial charge in [-0.2, -0.15) is 0 Å². The molecule has 1 N–H and O–H groups in total. The number of hydrogen-bond acceptors (Lipinski definition) is 6. The van der Waals surface area contributed by atoms with E-state index in [9.17, 15) is 4.79 Å². The molecule has 0 aliphatic carbocycles. The molecule has 2 aromatic heterocycles. The number of likely N-dealkylation sites (tertiary alicyclic amines) is 1. The van der Waals surface area contributed by atoms with Gasteiger partial charge in [0.1, 0.15) is 5.52 Å². The van der Waals surface area contributed by atoms with E-state index in [0.717, 1.165) is 56.8 Å². The molecule has 28 heavy (non-hydrogen) atoms. The summed E-state index contributed by atoms with van der Waals surface area (Å²) in [6.45, 7) is 6.83. The van der Waals surface area contributed by atoms with Gasteiger partial charge in [-0.25, -0.2) is 9.97 Å². The number of hydrogen-bond donors (Lipinski definition) is 1. The minimum absolute atomic E-state index is 0.0325. The van der Waals surface area contributed by atoms with E-state index in [4.69, 9.17) is 0 Å². The summed E-state index contributed by atoms with van der Waals surface area (Å²) in [7, 11) is 0. The predicted octanol–water partition coefficient (Wildman–Crippen LogP) is 2.23. The molecule has 7 heteroatoms. The van der Waals surface area contributed by atoms with Gasteiger partial charge in [0.2, 0.25) is 5.91 Å². The molecule has 0 aromatic carbocycles. The normalized spacial score (nSPS) is 23.7. The maximum absolute atomic E-state index is 12.7. The van der Waals surface area contributed by atoms with Crippen molar-refractivity contribution in [1.82, 2.24) is 25.2 Å². The molecule has 2 aliphatic rings. The van der Waals surface area contributed by atoms with E-state index < -0.39 is 0 Å². The molecule has 0 bridgehead atoms. The minimum atomic E-state index is 0.0325. The fourth-order valence-electron chi connectivity index (χ4n) is 4.40. The molecule has 0 unspecified atom stereocenters. The molecule has 2 aromatic rings. The number of fused-ring (bicyclic) bond motifs is 1. The highest BCUT2D eigenvalue weighted by molar-refractivity contribution is 5.80. The largest absolute Gasteiger partial charge is 0.369 e. The van der Waals surface area contributed by atoms with E-state index in [1.807, 2.05) is 12.3 Å². The lowest BCUT2D eigenvalue weighted by atomic mass is 9.96. The van der Waals surface area contributed by atoms with Gasteiger partial charge in [0.05, 0.1) is 17.8 Å². The number of aromatic nitrogens is 3. The number of carbonyl (C=O) groups is 1. The van der Waals surface area contributed by atoms with Gasteiger partial charge in [0, 0.05) is 44.6 Å². The van der Waals surface area contributed by atoms with Crippen molar-refractivity contribution in [2.75, 3.05) is 37.6 Å². The number of pyridine rings is 1. The minimum Gasteiger partial charge on any atom is -0.369 e. The molecule has 0 spiro atoms. The Balaban J connectivity index is 1.31. The maximum atomic E-state index is 12.7. The van der Waals surface area contributed by atoms with Crippen LogP contribution in [-0.4, -0.2) is 64.5 Å². The summed E-state index contributed by atoms with van der Waals surface area (Å²) in [4.78, 5) is 30.5. The number of rotatable bonds is 5. The molecule has 4 rings (SSSR count). The molecule has 1 amide bonds. The van der Waals surface area contributed by atoms with Gasteiger partial charge in [-0.1, -0.05) is 6.42 Å². The summed E-state index contributed by atoms with van der Waals surface area (Å²) in [5.41, 5.74) is 2.47. The topological polar surface area (TPSA) is 74.2 Å². The van der Waals surface area contributed by atoms with Crippen molar-refractivity contribution in [2.45, 2.75) is 45.1 Å². The Bertz CT molecular complexity index is 812. The average Bonchev–Trinajstić information content (AvgIpc) is 2.75. The van der Waals surface area contributed by atoms with Crippen LogP contribution in [0.5, 0.6) is 0 Å². The second kappa shape index (κ2) is 8.82. The molecular weight excluding hydrogens is 352 g/mol. The Labute approximate surface area is 166 Å². The number of nitrogens with zero attached hydrogens (tertiary/aromatic N) is 5. The van der Waals surface area contributed by atoms with E-state index in [1.165, 1.54) is 19.3 Å². The van der Waals surface area contributed by atoms with Gasteiger partial charge in [-0.3, -0.25) is 14.7 Å². The summed E-state index contributed by atoms with van der Waals surface area (Å²) in [6, 6.07) is 2.66. The summed E-state index contributed by atoms with van der Waals surface area (Å²) in [6.07, 6.45) is 11.0. The fraction of sp³-hybridized carbons (Fsp3) is 0.619. The van der Waals surface area contributed by atoms with Gasteiger partial charge in [-0.05, 0) is 45.2 Å². The Kier molecular flexibility index (Phi) is 6.00. The summed E-state index contributed by atoms with van der Waals surface area (Å²) in [5, 5.41) is 3.18. The zero-order chi connectivity index (χ0) is 19.3. The van der Waals surface area contributed by atoms with Crippen LogP contribution in [0.2, 0.25) is 0 Å². The Hall–Kier alpha value is -2.28. The van der Waals surface area contributed by atoms with Crippen LogP contribution in [0.25, 0.3) is 11.2 Å². The van der Waals surface area contributed by atoms with E-state index in [2.05, 4.69) is 37.0 Å². The third-order valence-electron chi connectivity index (χ3n) is 6.11. The van der Waals surface area contributed by atoms with Crippen molar-refractivity contribution in [3.63, 3.8) is 0 Å². The predicted molar refractivity (Wildman–Crippen MR) is 110 cm³/mol. The Morgan fingerprint density at radius 1 is 1.14 bits per heavy atom. The molecule has 4 heterocycles. The van der Waals surface area contributed by atoms with Gasteiger partial charge < -0.3 is 10.2 Å². The maximum Gasteiger partial charge on any atom is 0.224 e. The quantitative estimate of drug-likeness (QED) is 0.855. The second-order valence-corrected chi connectivity index (χ2v) is 8.05. The SMILES string of the molecule is C[C@@H]1CCCCN1CCNC(=O)[C@@H]1CCCN(c2cnc3nccnc3c2)C1. The standard InChI is InChI=1S/C21H30N6O/c1-16-5-2-3-10-26(16)12-9-24-21(28)17-6-4-11-27(15-17)18-13-19-20(25-14-18)23-8-7-22-19/h7-8,13-14,16-17H,2-6,9-12,15H2,1H3,(H,24,28)/t16-,17-/m1/s1. The van der Waals surface area contributed by atoms with E-state index in [0.29, 0.717) is 11.7 Å². The molecule has 0 saturated carbocycles. The third-order valence-corrected chi connectivity index (χ3v) is 6.11. The fourth-order valence-corrected chi connectivity index (χ4v) is 4.40. The number of anilines is 1. The van der Waals surface area contributed by atoms with Gasteiger partial charge in [0.25, 0.3) is 0 Å². The molecule has 2 fully saturated rings. The van der Waals surface area contributed by atoms with Crippen molar-refractivity contribution >= 4 is 22.8 Å². The average molecular weight is 383 g/mol. The first-order valence-corrected chi connectivity index (χ1v) is 10.5. The molecular formula is C21H30N6O. The first kappa shape index (κ1) is 19.1. The van der Waals surface area contributed by atoms with Crippen molar-refractivity contribution < 1.29 is 4.79 Å². The van der Waals surface area contributed by atoms with E-state index in [1.54, 1.807) is 12.4 Å². The van der Waals surface area contributed by atoms with Crippen LogP contribution >= 0.6 is 0 Å². The van der Waals surface area contributed by atoms with E-state index >= 15 is 0 Å². The molecule has 2 atom stereocenters. The van der Waals surface area contributed by atoms with Crippen LogP contribution in [0.4, 0.5) is 5.69 Å². The molecule has 150 valence electrons. The smallest absolute Gasteiger partial charge is 0.224 e. The lowest BCUT2D eigenvalue weighted by molar-refractivity contribution is -0.125. The van der Waals surface area contributed by atoms with Gasteiger partial charge in [-0.15, -0.1) is 0 Å². The lowest BCUT2D eigenvalue weighted by Crippen LogP contribution is -2.46. The third kappa shape index (κ3) is 4.41. The lowest BCUT2D eigenvalue weighted by Gasteiger charge is -2.35. The highest BCUT2D eigenvalue weighted by Crippen LogP contribution is 2.24. The van der Waals surface area contributed by atoms with Crippen molar-refractivity contribution in [1.29, 1.82) is 0 Å². The molecule has 2 aliphatic heterocycles. The molecule has 2 saturated heterocycles. The van der Waals surface area contributed by atoms with Crippen molar-refractivity contribution in [2.24, 2.45) is 5.92 Å². The van der Waals surface area contributed by atoms with Crippen LogP contribution < -0.4 is 10.2 Å². The van der Waals surface area contributed by atoms with Crippen LogP contribution in [0.1, 0.15) is 39.0 Å². The van der Waals surface area contributed by atoms with Crippen LogP contribution in [0.3, 0.4) is 0 Å². The number of amides is 1. The zero-order valence-electron chi connectivity index (χ0n) is 16.7. The number of carbonyl (C=O) groups excluding carboxylic acids is 1.